The average Bonchev–Trinajstić information content (AvgIpc) is 3.10. The lowest BCUT2D eigenvalue weighted by Gasteiger charge is -2.09. The molecule has 1 amide bonds. The smallest absolute Gasteiger partial charge is 0.220 e. The van der Waals surface area contributed by atoms with E-state index in [9.17, 15) is 9.59 Å². The Balaban J connectivity index is 1.40. The highest BCUT2D eigenvalue weighted by molar-refractivity contribution is 5.98. The first-order chi connectivity index (χ1) is 15.1. The molecule has 31 heavy (non-hydrogen) atoms. The van der Waals surface area contributed by atoms with Crippen molar-refractivity contribution in [2.75, 3.05) is 13.2 Å². The second kappa shape index (κ2) is 11.3. The minimum Gasteiger partial charge on any atom is -0.494 e. The van der Waals surface area contributed by atoms with Gasteiger partial charge in [0.25, 0.3) is 0 Å². The number of para-hydroxylation sites is 2. The molecule has 0 unspecified atom stereocenters. The monoisotopic (exact) mass is 421 g/mol. The predicted molar refractivity (Wildman–Crippen MR) is 123 cm³/mol. The number of hydrogen-bond donors (Lipinski definition) is 1. The molecule has 2 aromatic carbocycles. The molecular formula is C25H31N3O3. The summed E-state index contributed by atoms with van der Waals surface area (Å²) in [5.74, 6) is 1.53. The average molecular weight is 422 g/mol. The molecule has 0 saturated carbocycles. The van der Waals surface area contributed by atoms with E-state index in [0.29, 0.717) is 25.3 Å². The standard InChI is InChI=1S/C25H31N3O3/c1-3-4-7-18-31-21-12-10-20(11-13-21)24(29)14-15-25(30)26-16-17-28-19(2)27-22-8-5-6-9-23(22)28/h5-6,8-13H,3-4,7,14-18H2,1-2H3,(H,26,30). The summed E-state index contributed by atoms with van der Waals surface area (Å²) in [5, 5.41) is 2.90. The number of amides is 1. The number of nitrogens with zero attached hydrogens (tertiary/aromatic N) is 2. The molecule has 3 aromatic rings. The van der Waals surface area contributed by atoms with Crippen molar-refractivity contribution in [1.82, 2.24) is 14.9 Å². The number of fused-ring (bicyclic) bond motifs is 1. The zero-order chi connectivity index (χ0) is 22.1. The van der Waals surface area contributed by atoms with Crippen molar-refractivity contribution >= 4 is 22.7 Å². The topological polar surface area (TPSA) is 73.2 Å². The van der Waals surface area contributed by atoms with E-state index in [0.717, 1.165) is 41.9 Å². The zero-order valence-electron chi connectivity index (χ0n) is 18.4. The van der Waals surface area contributed by atoms with Crippen molar-refractivity contribution in [3.8, 4) is 5.75 Å². The number of nitrogens with one attached hydrogen (secondary N) is 1. The number of carbonyl (C=O) groups excluding carboxylic acids is 2. The van der Waals surface area contributed by atoms with Gasteiger partial charge in [0, 0.05) is 31.5 Å². The van der Waals surface area contributed by atoms with E-state index in [4.69, 9.17) is 4.74 Å². The van der Waals surface area contributed by atoms with Crippen molar-refractivity contribution < 1.29 is 14.3 Å². The van der Waals surface area contributed by atoms with E-state index in [1.807, 2.05) is 43.3 Å². The molecule has 0 saturated heterocycles. The minimum atomic E-state index is -0.119. The molecular weight excluding hydrogens is 390 g/mol. The Morgan fingerprint density at radius 1 is 1.03 bits per heavy atom. The molecule has 3 rings (SSSR count). The predicted octanol–water partition coefficient (Wildman–Crippen LogP) is 4.69. The third-order valence-corrected chi connectivity index (χ3v) is 5.28. The number of benzene rings is 2. The van der Waals surface area contributed by atoms with Crippen LogP contribution in [0.1, 0.15) is 55.2 Å². The van der Waals surface area contributed by atoms with Crippen LogP contribution in [-0.4, -0.2) is 34.4 Å². The Kier molecular flexibility index (Phi) is 8.21. The molecule has 0 fully saturated rings. The molecule has 1 heterocycles. The molecule has 0 spiro atoms. The van der Waals surface area contributed by atoms with E-state index in [1.165, 1.54) is 0 Å². The van der Waals surface area contributed by atoms with Gasteiger partial charge in [-0.2, -0.15) is 0 Å². The van der Waals surface area contributed by atoms with Gasteiger partial charge in [-0.15, -0.1) is 0 Å². The minimum absolute atomic E-state index is 0.0378. The van der Waals surface area contributed by atoms with Crippen molar-refractivity contribution in [3.05, 3.63) is 59.9 Å². The summed E-state index contributed by atoms with van der Waals surface area (Å²) < 4.78 is 7.76. The highest BCUT2D eigenvalue weighted by Crippen LogP contribution is 2.16. The Morgan fingerprint density at radius 3 is 2.58 bits per heavy atom. The van der Waals surface area contributed by atoms with Crippen LogP contribution in [0.3, 0.4) is 0 Å². The SMILES string of the molecule is CCCCCOc1ccc(C(=O)CCC(=O)NCCn2c(C)nc3ccccc32)cc1. The molecule has 0 aliphatic rings. The van der Waals surface area contributed by atoms with E-state index >= 15 is 0 Å². The Bertz CT molecular complexity index is 1010. The summed E-state index contributed by atoms with van der Waals surface area (Å²) in [6.45, 7) is 5.95. The number of rotatable bonds is 12. The van der Waals surface area contributed by atoms with Crippen LogP contribution < -0.4 is 10.1 Å². The molecule has 0 radical (unpaired) electrons. The number of aromatic nitrogens is 2. The van der Waals surface area contributed by atoms with Gasteiger partial charge in [0.15, 0.2) is 5.78 Å². The second-order valence-corrected chi connectivity index (χ2v) is 7.65. The van der Waals surface area contributed by atoms with Gasteiger partial charge >= 0.3 is 0 Å². The zero-order valence-corrected chi connectivity index (χ0v) is 18.4. The van der Waals surface area contributed by atoms with Crippen LogP contribution in [-0.2, 0) is 11.3 Å². The summed E-state index contributed by atoms with van der Waals surface area (Å²) in [4.78, 5) is 29.1. The fraction of sp³-hybridized carbons (Fsp3) is 0.400. The van der Waals surface area contributed by atoms with Gasteiger partial charge in [-0.05, 0) is 49.7 Å². The van der Waals surface area contributed by atoms with Gasteiger partial charge in [-0.25, -0.2) is 4.98 Å². The second-order valence-electron chi connectivity index (χ2n) is 7.65. The van der Waals surface area contributed by atoms with Crippen molar-refractivity contribution in [2.45, 2.75) is 52.5 Å². The lowest BCUT2D eigenvalue weighted by Crippen LogP contribution is -2.27. The largest absolute Gasteiger partial charge is 0.494 e. The van der Waals surface area contributed by atoms with Crippen molar-refractivity contribution in [1.29, 1.82) is 0 Å². The molecule has 0 atom stereocenters. The highest BCUT2D eigenvalue weighted by atomic mass is 16.5. The highest BCUT2D eigenvalue weighted by Gasteiger charge is 2.11. The number of aryl methyl sites for hydroxylation is 1. The fourth-order valence-electron chi connectivity index (χ4n) is 3.52. The number of hydrogen-bond acceptors (Lipinski definition) is 4. The van der Waals surface area contributed by atoms with Crippen LogP contribution in [0.2, 0.25) is 0 Å². The quantitative estimate of drug-likeness (QED) is 0.340. The number of carbonyl (C=O) groups is 2. The molecule has 6 heteroatoms. The third-order valence-electron chi connectivity index (χ3n) is 5.28. The van der Waals surface area contributed by atoms with E-state index in [-0.39, 0.29) is 24.5 Å². The van der Waals surface area contributed by atoms with Crippen LogP contribution in [0.15, 0.2) is 48.5 Å². The number of ketones is 1. The maximum absolute atomic E-state index is 12.4. The van der Waals surface area contributed by atoms with Gasteiger partial charge in [0.2, 0.25) is 5.91 Å². The molecule has 0 bridgehead atoms. The first kappa shape index (κ1) is 22.5. The maximum Gasteiger partial charge on any atom is 0.220 e. The summed E-state index contributed by atoms with van der Waals surface area (Å²) in [7, 11) is 0. The maximum atomic E-state index is 12.4. The third kappa shape index (κ3) is 6.41. The number of unbranched alkanes of at least 4 members (excludes halogenated alkanes) is 2. The molecule has 6 nitrogen and oxygen atoms in total. The van der Waals surface area contributed by atoms with Crippen molar-refractivity contribution in [3.63, 3.8) is 0 Å². The van der Waals surface area contributed by atoms with E-state index in [1.54, 1.807) is 12.1 Å². The lowest BCUT2D eigenvalue weighted by molar-refractivity contribution is -0.121. The summed E-state index contributed by atoms with van der Waals surface area (Å²) in [6.07, 6.45) is 3.71. The normalized spacial score (nSPS) is 10.9. The van der Waals surface area contributed by atoms with Crippen LogP contribution in [0.4, 0.5) is 0 Å². The molecule has 1 N–H and O–H groups in total. The fourth-order valence-corrected chi connectivity index (χ4v) is 3.52. The molecule has 164 valence electrons. The van der Waals surface area contributed by atoms with E-state index < -0.39 is 0 Å². The first-order valence-electron chi connectivity index (χ1n) is 11.0. The number of Topliss-reactive ketones (excluding diaryl/α,β-unsaturated/α-hetero) is 1. The number of imidazole rings is 1. The van der Waals surface area contributed by atoms with Crippen LogP contribution in [0, 0.1) is 6.92 Å². The summed E-state index contributed by atoms with van der Waals surface area (Å²) in [6, 6.07) is 15.1. The Hall–Kier alpha value is -3.15. The van der Waals surface area contributed by atoms with Crippen LogP contribution in [0.25, 0.3) is 11.0 Å². The van der Waals surface area contributed by atoms with E-state index in [2.05, 4.69) is 21.8 Å². The van der Waals surface area contributed by atoms with Crippen LogP contribution in [0.5, 0.6) is 5.75 Å². The Morgan fingerprint density at radius 2 is 1.81 bits per heavy atom. The van der Waals surface area contributed by atoms with Crippen molar-refractivity contribution in [2.24, 2.45) is 0 Å². The molecule has 0 aliphatic heterocycles. The van der Waals surface area contributed by atoms with Gasteiger partial charge in [0.05, 0.1) is 17.6 Å². The summed E-state index contributed by atoms with van der Waals surface area (Å²) >= 11 is 0. The lowest BCUT2D eigenvalue weighted by atomic mass is 10.1. The van der Waals surface area contributed by atoms with Gasteiger partial charge < -0.3 is 14.6 Å². The Labute approximate surface area is 183 Å². The van der Waals surface area contributed by atoms with Gasteiger partial charge in [-0.3, -0.25) is 9.59 Å². The van der Waals surface area contributed by atoms with Crippen LogP contribution >= 0.6 is 0 Å². The summed E-state index contributed by atoms with van der Waals surface area (Å²) in [5.41, 5.74) is 2.62. The van der Waals surface area contributed by atoms with Gasteiger partial charge in [-0.1, -0.05) is 31.9 Å². The molecule has 0 aliphatic carbocycles. The van der Waals surface area contributed by atoms with Gasteiger partial charge in [0.1, 0.15) is 11.6 Å². The number of ether oxygens (including phenoxy) is 1. The first-order valence-corrected chi connectivity index (χ1v) is 11.0. The molecule has 1 aromatic heterocycles.